The van der Waals surface area contributed by atoms with Gasteiger partial charge >= 0.3 is 5.97 Å². The highest BCUT2D eigenvalue weighted by Gasteiger charge is 2.13. The van der Waals surface area contributed by atoms with Crippen LogP contribution in [0.4, 0.5) is 0 Å². The van der Waals surface area contributed by atoms with Crippen LogP contribution in [0.3, 0.4) is 0 Å². The predicted octanol–water partition coefficient (Wildman–Crippen LogP) is -0.300. The van der Waals surface area contributed by atoms with Gasteiger partial charge in [-0.2, -0.15) is 14.8 Å². The Hall–Kier alpha value is -1.85. The minimum Gasteiger partial charge on any atom is -0.462 e. The zero-order chi connectivity index (χ0) is 10.8. The lowest BCUT2D eigenvalue weighted by atomic mass is 9.99. The number of hydrogen-bond acceptors (Lipinski definition) is 4. The highest BCUT2D eigenvalue weighted by molar-refractivity contribution is 6.32. The van der Waals surface area contributed by atoms with E-state index in [0.29, 0.717) is 23.1 Å². The molecule has 2 rings (SSSR count). The molecule has 0 fully saturated rings. The lowest BCUT2D eigenvalue weighted by Gasteiger charge is -1.99. The molecule has 5 nitrogen and oxygen atoms in total. The first-order valence-corrected chi connectivity index (χ1v) is 4.49. The van der Waals surface area contributed by atoms with Gasteiger partial charge in [-0.3, -0.25) is 0 Å². The molecule has 0 aromatic carbocycles. The van der Waals surface area contributed by atoms with E-state index in [-0.39, 0.29) is 0 Å². The summed E-state index contributed by atoms with van der Waals surface area (Å²) < 4.78 is 6.21. The minimum absolute atomic E-state index is 0.325. The van der Waals surface area contributed by atoms with Crippen LogP contribution in [0, 0.1) is 0 Å². The van der Waals surface area contributed by atoms with E-state index >= 15 is 0 Å². The zero-order valence-electron chi connectivity index (χ0n) is 8.17. The van der Waals surface area contributed by atoms with Crippen LogP contribution in [0.15, 0.2) is 18.5 Å². The molecule has 6 heteroatoms. The lowest BCUT2D eigenvalue weighted by Crippen LogP contribution is -2.09. The van der Waals surface area contributed by atoms with Crippen LogP contribution in [0.25, 0.3) is 5.52 Å². The van der Waals surface area contributed by atoms with Crippen LogP contribution in [0.2, 0.25) is 0 Å². The first-order chi connectivity index (χ1) is 7.22. The van der Waals surface area contributed by atoms with Crippen molar-refractivity contribution in [2.45, 2.75) is 6.92 Å². The summed E-state index contributed by atoms with van der Waals surface area (Å²) in [6.45, 7) is 2.07. The van der Waals surface area contributed by atoms with E-state index in [9.17, 15) is 4.79 Å². The molecule has 0 unspecified atom stereocenters. The van der Waals surface area contributed by atoms with Crippen molar-refractivity contribution in [2.24, 2.45) is 0 Å². The quantitative estimate of drug-likeness (QED) is 0.494. The Labute approximate surface area is 87.4 Å². The van der Waals surface area contributed by atoms with Crippen molar-refractivity contribution in [3.63, 3.8) is 0 Å². The molecule has 0 spiro atoms. The van der Waals surface area contributed by atoms with Crippen LogP contribution < -0.4 is 5.46 Å². The Balaban J connectivity index is 2.52. The van der Waals surface area contributed by atoms with E-state index in [1.807, 2.05) is 0 Å². The number of fused-ring (bicyclic) bond motifs is 1. The van der Waals surface area contributed by atoms with Crippen molar-refractivity contribution in [1.82, 2.24) is 14.8 Å². The maximum atomic E-state index is 11.5. The van der Waals surface area contributed by atoms with Crippen molar-refractivity contribution in [1.29, 1.82) is 0 Å². The molecule has 15 heavy (non-hydrogen) atoms. The highest BCUT2D eigenvalue weighted by atomic mass is 16.5. The Kier molecular flexibility index (Phi) is 2.41. The second-order valence-electron chi connectivity index (χ2n) is 2.94. The van der Waals surface area contributed by atoms with Crippen LogP contribution in [-0.4, -0.2) is 35.2 Å². The summed E-state index contributed by atoms with van der Waals surface area (Å²) in [6.07, 6.45) is 2.88. The topological polar surface area (TPSA) is 56.5 Å². The molecule has 0 saturated carbocycles. The van der Waals surface area contributed by atoms with Gasteiger partial charge in [-0.15, -0.1) is 0 Å². The fourth-order valence-corrected chi connectivity index (χ4v) is 1.26. The smallest absolute Gasteiger partial charge is 0.342 e. The molecular weight excluding hydrogens is 193 g/mol. The van der Waals surface area contributed by atoms with E-state index < -0.39 is 5.97 Å². The summed E-state index contributed by atoms with van der Waals surface area (Å²) >= 11 is 0. The predicted molar refractivity (Wildman–Crippen MR) is 54.3 cm³/mol. The third-order valence-corrected chi connectivity index (χ3v) is 1.90. The molecule has 0 aliphatic rings. The second-order valence-corrected chi connectivity index (χ2v) is 2.94. The van der Waals surface area contributed by atoms with Gasteiger partial charge in [-0.1, -0.05) is 5.46 Å². The largest absolute Gasteiger partial charge is 0.462 e. The van der Waals surface area contributed by atoms with Crippen LogP contribution >= 0.6 is 0 Å². The SMILES string of the molecule is [B]c1cnn2ncc(C(=O)OCC)c2c1. The van der Waals surface area contributed by atoms with Gasteiger partial charge < -0.3 is 4.74 Å². The fraction of sp³-hybridized carbons (Fsp3) is 0.222. The van der Waals surface area contributed by atoms with E-state index in [4.69, 9.17) is 12.6 Å². The summed E-state index contributed by atoms with van der Waals surface area (Å²) in [6, 6.07) is 1.63. The number of hydrogen-bond donors (Lipinski definition) is 0. The molecular formula is C9H8BN3O2. The van der Waals surface area contributed by atoms with Crippen molar-refractivity contribution in [3.05, 3.63) is 24.0 Å². The maximum Gasteiger partial charge on any atom is 0.342 e. The Bertz CT molecular complexity index is 509. The molecule has 74 valence electrons. The van der Waals surface area contributed by atoms with Gasteiger partial charge in [-0.05, 0) is 13.0 Å². The number of aromatic nitrogens is 3. The number of esters is 1. The summed E-state index contributed by atoms with van der Waals surface area (Å²) in [5.41, 5.74) is 1.40. The van der Waals surface area contributed by atoms with Crippen molar-refractivity contribution in [2.75, 3.05) is 6.61 Å². The third kappa shape index (κ3) is 1.70. The Morgan fingerprint density at radius 2 is 2.27 bits per heavy atom. The van der Waals surface area contributed by atoms with Crippen molar-refractivity contribution >= 4 is 24.8 Å². The minimum atomic E-state index is -0.417. The van der Waals surface area contributed by atoms with Crippen molar-refractivity contribution in [3.8, 4) is 0 Å². The molecule has 0 amide bonds. The van der Waals surface area contributed by atoms with Gasteiger partial charge in [0.05, 0.1) is 12.8 Å². The van der Waals surface area contributed by atoms with Gasteiger partial charge in [0.25, 0.3) is 0 Å². The Morgan fingerprint density at radius 1 is 1.53 bits per heavy atom. The Morgan fingerprint density at radius 3 is 3.00 bits per heavy atom. The van der Waals surface area contributed by atoms with Crippen LogP contribution in [-0.2, 0) is 4.74 Å². The zero-order valence-corrected chi connectivity index (χ0v) is 8.17. The van der Waals surface area contributed by atoms with E-state index in [1.165, 1.54) is 17.0 Å². The summed E-state index contributed by atoms with van der Waals surface area (Å²) in [5.74, 6) is -0.417. The first kappa shape index (κ1) is 9.70. The average Bonchev–Trinajstić information content (AvgIpc) is 2.60. The molecule has 0 atom stereocenters. The molecule has 0 aliphatic heterocycles. The normalized spacial score (nSPS) is 10.5. The standard InChI is InChI=1S/C9H8BN3O2/c1-2-15-9(14)7-5-12-13-8(7)3-6(10)4-11-13/h3-5H,2H2,1H3. The van der Waals surface area contributed by atoms with E-state index in [0.717, 1.165) is 0 Å². The first-order valence-electron chi connectivity index (χ1n) is 4.49. The molecule has 0 bridgehead atoms. The number of carbonyl (C=O) groups is 1. The van der Waals surface area contributed by atoms with Gasteiger partial charge in [0.2, 0.25) is 0 Å². The third-order valence-electron chi connectivity index (χ3n) is 1.90. The van der Waals surface area contributed by atoms with E-state index in [2.05, 4.69) is 10.2 Å². The van der Waals surface area contributed by atoms with Gasteiger partial charge in [0.1, 0.15) is 18.9 Å². The monoisotopic (exact) mass is 201 g/mol. The lowest BCUT2D eigenvalue weighted by molar-refractivity contribution is 0.0528. The highest BCUT2D eigenvalue weighted by Crippen LogP contribution is 2.08. The number of carbonyl (C=O) groups excluding carboxylic acids is 1. The van der Waals surface area contributed by atoms with Crippen molar-refractivity contribution < 1.29 is 9.53 Å². The average molecular weight is 201 g/mol. The molecule has 2 aromatic rings. The second kappa shape index (κ2) is 3.72. The molecule has 0 N–H and O–H groups in total. The van der Waals surface area contributed by atoms with Gasteiger partial charge in [-0.25, -0.2) is 4.79 Å². The molecule has 2 aromatic heterocycles. The molecule has 2 heterocycles. The molecule has 0 aliphatic carbocycles. The summed E-state index contributed by atoms with van der Waals surface area (Å²) in [4.78, 5) is 11.5. The summed E-state index contributed by atoms with van der Waals surface area (Å²) in [5, 5.41) is 7.83. The fourth-order valence-electron chi connectivity index (χ4n) is 1.26. The molecule has 0 saturated heterocycles. The van der Waals surface area contributed by atoms with Gasteiger partial charge in [0.15, 0.2) is 0 Å². The van der Waals surface area contributed by atoms with Crippen LogP contribution in [0.1, 0.15) is 17.3 Å². The van der Waals surface area contributed by atoms with E-state index in [1.54, 1.807) is 13.0 Å². The maximum absolute atomic E-state index is 11.5. The van der Waals surface area contributed by atoms with Gasteiger partial charge in [0, 0.05) is 6.20 Å². The van der Waals surface area contributed by atoms with Crippen LogP contribution in [0.5, 0.6) is 0 Å². The summed E-state index contributed by atoms with van der Waals surface area (Å²) in [7, 11) is 5.57. The number of ether oxygens (including phenoxy) is 1. The molecule has 2 radical (unpaired) electrons. The number of nitrogens with zero attached hydrogens (tertiary/aromatic N) is 3. The number of rotatable bonds is 2.